The Morgan fingerprint density at radius 3 is 2.52 bits per heavy atom. The van der Waals surface area contributed by atoms with Crippen LogP contribution in [-0.2, 0) is 15.1 Å². The van der Waals surface area contributed by atoms with Crippen molar-refractivity contribution in [2.24, 2.45) is 0 Å². The van der Waals surface area contributed by atoms with Gasteiger partial charge in [-0.1, -0.05) is 12.1 Å². The van der Waals surface area contributed by atoms with Gasteiger partial charge in [-0.3, -0.25) is 14.5 Å². The van der Waals surface area contributed by atoms with Crippen LogP contribution in [0, 0.1) is 12.7 Å². The molecule has 1 saturated heterocycles. The third-order valence-corrected chi connectivity index (χ3v) is 4.56. The quantitative estimate of drug-likeness (QED) is 0.787. The number of nitrogens with one attached hydrogen (secondary N) is 2. The zero-order valence-electron chi connectivity index (χ0n) is 15.2. The lowest BCUT2D eigenvalue weighted by atomic mass is 9.99. The van der Waals surface area contributed by atoms with Gasteiger partial charge in [0.1, 0.15) is 23.9 Å². The van der Waals surface area contributed by atoms with Gasteiger partial charge in [-0.25, -0.2) is 9.18 Å². The third kappa shape index (κ3) is 3.55. The Hall–Kier alpha value is -3.16. The number of halogens is 1. The van der Waals surface area contributed by atoms with Crippen LogP contribution in [0.15, 0.2) is 40.8 Å². The Kier molecular flexibility index (Phi) is 4.73. The second-order valence-corrected chi connectivity index (χ2v) is 6.70. The first-order valence-corrected chi connectivity index (χ1v) is 8.46. The molecule has 1 aliphatic rings. The van der Waals surface area contributed by atoms with Gasteiger partial charge in [-0.2, -0.15) is 0 Å². The van der Waals surface area contributed by atoms with Crippen LogP contribution in [-0.4, -0.2) is 29.3 Å². The number of hydrogen-bond donors (Lipinski definition) is 2. The molecule has 2 aromatic rings. The van der Waals surface area contributed by atoms with E-state index >= 15 is 0 Å². The van der Waals surface area contributed by atoms with Gasteiger partial charge < -0.3 is 15.1 Å². The summed E-state index contributed by atoms with van der Waals surface area (Å²) >= 11 is 0. The number of benzene rings is 1. The van der Waals surface area contributed by atoms with Crippen molar-refractivity contribution in [1.82, 2.24) is 15.5 Å². The zero-order valence-corrected chi connectivity index (χ0v) is 15.2. The molecule has 0 bridgehead atoms. The number of aryl methyl sites for hydroxylation is 1. The van der Waals surface area contributed by atoms with Gasteiger partial charge in [-0.05, 0) is 50.6 Å². The molecule has 0 radical (unpaired) electrons. The molecule has 27 heavy (non-hydrogen) atoms. The number of amides is 4. The van der Waals surface area contributed by atoms with Crippen molar-refractivity contribution >= 4 is 17.8 Å². The van der Waals surface area contributed by atoms with Crippen LogP contribution < -0.4 is 10.6 Å². The highest BCUT2D eigenvalue weighted by Crippen LogP contribution is 2.30. The van der Waals surface area contributed by atoms with Crippen LogP contribution in [0.4, 0.5) is 9.18 Å². The van der Waals surface area contributed by atoms with Gasteiger partial charge in [0.2, 0.25) is 5.91 Å². The van der Waals surface area contributed by atoms with Crippen molar-refractivity contribution in [3.05, 3.63) is 59.3 Å². The fourth-order valence-corrected chi connectivity index (χ4v) is 2.98. The highest BCUT2D eigenvalue weighted by Gasteiger charge is 2.51. The minimum Gasteiger partial charge on any atom is -0.463 e. The summed E-state index contributed by atoms with van der Waals surface area (Å²) in [6.45, 7) is 4.57. The number of nitrogens with zero attached hydrogens (tertiary/aromatic N) is 1. The van der Waals surface area contributed by atoms with Crippen LogP contribution >= 0.6 is 0 Å². The Balaban J connectivity index is 1.68. The SMILES string of the molecule is Cc1ccc(C2(C)NC(=O)N(CC(=O)NC(C)c3ccc(F)cc3)C2=O)o1. The Morgan fingerprint density at radius 1 is 1.26 bits per heavy atom. The van der Waals surface area contributed by atoms with E-state index in [-0.39, 0.29) is 5.82 Å². The van der Waals surface area contributed by atoms with Crippen LogP contribution in [0.3, 0.4) is 0 Å². The molecule has 2 unspecified atom stereocenters. The van der Waals surface area contributed by atoms with Crippen LogP contribution in [0.25, 0.3) is 0 Å². The standard InChI is InChI=1S/C19H20FN3O4/c1-11-4-9-15(27-11)19(3)17(25)23(18(26)22-19)10-16(24)21-12(2)13-5-7-14(20)8-6-13/h4-9,12H,10H2,1-3H3,(H,21,24)(H,22,26). The maximum Gasteiger partial charge on any atom is 0.325 e. The van der Waals surface area contributed by atoms with Crippen molar-refractivity contribution in [1.29, 1.82) is 0 Å². The summed E-state index contributed by atoms with van der Waals surface area (Å²) in [6.07, 6.45) is 0. The van der Waals surface area contributed by atoms with Gasteiger partial charge in [0.15, 0.2) is 5.54 Å². The normalized spacial score (nSPS) is 20.5. The van der Waals surface area contributed by atoms with E-state index in [0.717, 1.165) is 4.90 Å². The lowest BCUT2D eigenvalue weighted by molar-refractivity contribution is -0.135. The summed E-state index contributed by atoms with van der Waals surface area (Å²) in [7, 11) is 0. The van der Waals surface area contributed by atoms with Gasteiger partial charge in [0.25, 0.3) is 5.91 Å². The van der Waals surface area contributed by atoms with Gasteiger partial charge in [-0.15, -0.1) is 0 Å². The molecule has 3 rings (SSSR count). The predicted molar refractivity (Wildman–Crippen MR) is 94.0 cm³/mol. The molecule has 0 spiro atoms. The Morgan fingerprint density at radius 2 is 1.93 bits per heavy atom. The molecule has 2 atom stereocenters. The van der Waals surface area contributed by atoms with Crippen LogP contribution in [0.1, 0.15) is 37.0 Å². The van der Waals surface area contributed by atoms with E-state index in [1.807, 2.05) is 0 Å². The molecule has 1 aromatic heterocycles. The van der Waals surface area contributed by atoms with E-state index in [4.69, 9.17) is 4.42 Å². The molecule has 0 aliphatic carbocycles. The molecule has 8 heteroatoms. The van der Waals surface area contributed by atoms with Crippen molar-refractivity contribution in [3.63, 3.8) is 0 Å². The summed E-state index contributed by atoms with van der Waals surface area (Å²) in [4.78, 5) is 38.1. The molecule has 1 aromatic carbocycles. The molecule has 1 fully saturated rings. The fraction of sp³-hybridized carbons (Fsp3) is 0.316. The maximum absolute atomic E-state index is 13.0. The summed E-state index contributed by atoms with van der Waals surface area (Å²) in [5.41, 5.74) is -0.647. The summed E-state index contributed by atoms with van der Waals surface area (Å²) < 4.78 is 18.5. The average Bonchev–Trinajstić information content (AvgIpc) is 3.14. The topological polar surface area (TPSA) is 91.7 Å². The van der Waals surface area contributed by atoms with Gasteiger partial charge >= 0.3 is 6.03 Å². The summed E-state index contributed by atoms with van der Waals surface area (Å²) in [5, 5.41) is 5.27. The molecule has 7 nitrogen and oxygen atoms in total. The highest BCUT2D eigenvalue weighted by molar-refractivity contribution is 6.08. The number of carbonyl (C=O) groups is 3. The van der Waals surface area contributed by atoms with Crippen LogP contribution in [0.5, 0.6) is 0 Å². The minimum atomic E-state index is -1.35. The highest BCUT2D eigenvalue weighted by atomic mass is 19.1. The van der Waals surface area contributed by atoms with E-state index in [2.05, 4.69) is 10.6 Å². The maximum atomic E-state index is 13.0. The smallest absolute Gasteiger partial charge is 0.325 e. The fourth-order valence-electron chi connectivity index (χ4n) is 2.98. The van der Waals surface area contributed by atoms with E-state index in [9.17, 15) is 18.8 Å². The first kappa shape index (κ1) is 18.6. The van der Waals surface area contributed by atoms with E-state index in [1.165, 1.54) is 19.1 Å². The molecule has 142 valence electrons. The summed E-state index contributed by atoms with van der Waals surface area (Å²) in [6, 6.07) is 7.96. The van der Waals surface area contributed by atoms with Crippen molar-refractivity contribution in [2.75, 3.05) is 6.54 Å². The first-order valence-electron chi connectivity index (χ1n) is 8.46. The molecule has 2 N–H and O–H groups in total. The number of urea groups is 1. The van der Waals surface area contributed by atoms with E-state index < -0.39 is 36.0 Å². The number of rotatable bonds is 5. The van der Waals surface area contributed by atoms with Crippen LogP contribution in [0.2, 0.25) is 0 Å². The van der Waals surface area contributed by atoms with Gasteiger partial charge in [0, 0.05) is 0 Å². The van der Waals surface area contributed by atoms with Crippen molar-refractivity contribution in [2.45, 2.75) is 32.4 Å². The lowest BCUT2D eigenvalue weighted by Gasteiger charge is -2.20. The second kappa shape index (κ2) is 6.86. The first-order chi connectivity index (χ1) is 12.7. The van der Waals surface area contributed by atoms with E-state index in [0.29, 0.717) is 17.1 Å². The number of furan rings is 1. The third-order valence-electron chi connectivity index (χ3n) is 4.56. The average molecular weight is 373 g/mol. The molecule has 4 amide bonds. The summed E-state index contributed by atoms with van der Waals surface area (Å²) in [5.74, 6) is -0.524. The monoisotopic (exact) mass is 373 g/mol. The van der Waals surface area contributed by atoms with Gasteiger partial charge in [0.05, 0.1) is 6.04 Å². The number of imide groups is 1. The molecule has 1 aliphatic heterocycles. The number of hydrogen-bond acceptors (Lipinski definition) is 4. The molecular formula is C19H20FN3O4. The molecule has 0 saturated carbocycles. The van der Waals surface area contributed by atoms with Crippen molar-refractivity contribution in [3.8, 4) is 0 Å². The van der Waals surface area contributed by atoms with Crippen molar-refractivity contribution < 1.29 is 23.2 Å². The van der Waals surface area contributed by atoms with E-state index in [1.54, 1.807) is 38.1 Å². The minimum absolute atomic E-state index is 0.306. The Labute approximate surface area is 155 Å². The number of carbonyl (C=O) groups excluding carboxylic acids is 3. The zero-order chi connectivity index (χ0) is 19.8. The second-order valence-electron chi connectivity index (χ2n) is 6.70. The largest absolute Gasteiger partial charge is 0.463 e. The molecular weight excluding hydrogens is 353 g/mol. The Bertz CT molecular complexity index is 893. The predicted octanol–water partition coefficient (Wildman–Crippen LogP) is 2.37. The lowest BCUT2D eigenvalue weighted by Crippen LogP contribution is -2.43. The molecule has 2 heterocycles.